The molecule has 5 aromatic rings. The number of alkyl halides is 5. The normalized spacial score (nSPS) is 20.1. The van der Waals surface area contributed by atoms with E-state index in [1.165, 1.54) is 30.3 Å². The van der Waals surface area contributed by atoms with E-state index >= 15 is 0 Å². The summed E-state index contributed by atoms with van der Waals surface area (Å²) in [5.41, 5.74) is -0.672. The molecule has 0 radical (unpaired) electrons. The summed E-state index contributed by atoms with van der Waals surface area (Å²) in [7, 11) is -4.35. The van der Waals surface area contributed by atoms with Crippen LogP contribution in [-0.4, -0.2) is 68.5 Å². The molecule has 1 saturated heterocycles. The lowest BCUT2D eigenvalue weighted by Crippen LogP contribution is -2.62. The number of halogens is 5. The predicted octanol–water partition coefficient (Wildman–Crippen LogP) is 6.30. The van der Waals surface area contributed by atoms with Crippen LogP contribution in [0.5, 0.6) is 0 Å². The Morgan fingerprint density at radius 2 is 1.77 bits per heavy atom. The van der Waals surface area contributed by atoms with Crippen molar-refractivity contribution < 1.29 is 34.9 Å². The smallest absolute Gasteiger partial charge is 0.361 e. The fourth-order valence-electron chi connectivity index (χ4n) is 6.50. The zero-order valence-electron chi connectivity index (χ0n) is 25.1. The van der Waals surface area contributed by atoms with E-state index in [1.54, 1.807) is 30.9 Å². The van der Waals surface area contributed by atoms with E-state index in [-0.39, 0.29) is 52.6 Å². The molecule has 7 rings (SSSR count). The Morgan fingerprint density at radius 3 is 2.43 bits per heavy atom. The first-order valence-corrected chi connectivity index (χ1v) is 16.3. The Bertz CT molecular complexity index is 2070. The van der Waals surface area contributed by atoms with Crippen LogP contribution in [0, 0.1) is 13.8 Å². The lowest BCUT2D eigenvalue weighted by molar-refractivity contribution is -0.145. The third-order valence-corrected chi connectivity index (χ3v) is 10.4. The van der Waals surface area contributed by atoms with Crippen molar-refractivity contribution in [2.75, 3.05) is 18.4 Å². The summed E-state index contributed by atoms with van der Waals surface area (Å²) in [6.07, 6.45) is -1.20. The second kappa shape index (κ2) is 11.1. The third-order valence-electron chi connectivity index (χ3n) is 8.69. The highest BCUT2D eigenvalue weighted by atomic mass is 32.2. The summed E-state index contributed by atoms with van der Waals surface area (Å²) in [6, 6.07) is 9.87. The fraction of sp³-hybridized carbons (Fsp3) is 0.355. The molecule has 16 heteroatoms. The number of anilines is 1. The molecule has 1 aromatic carbocycles. The van der Waals surface area contributed by atoms with Gasteiger partial charge in [-0.05, 0) is 57.4 Å². The Morgan fingerprint density at radius 1 is 1.02 bits per heavy atom. The molecule has 1 aliphatic carbocycles. The number of nitrogens with zero attached hydrogens (tertiary/aromatic N) is 6. The van der Waals surface area contributed by atoms with Gasteiger partial charge in [0.1, 0.15) is 11.3 Å². The summed E-state index contributed by atoms with van der Waals surface area (Å²) in [6.45, 7) is 2.59. The molecule has 2 fully saturated rings. The molecular weight excluding hydrogens is 645 g/mol. The minimum Gasteiger partial charge on any atom is -0.361 e. The maximum atomic E-state index is 14.5. The average Bonchev–Trinajstić information content (AvgIpc) is 3.72. The van der Waals surface area contributed by atoms with Gasteiger partial charge in [0, 0.05) is 35.4 Å². The Hall–Kier alpha value is -4.44. The van der Waals surface area contributed by atoms with Gasteiger partial charge in [0.2, 0.25) is 5.95 Å². The third kappa shape index (κ3) is 5.52. The second-order valence-electron chi connectivity index (χ2n) is 11.9. The van der Waals surface area contributed by atoms with Crippen LogP contribution in [0.25, 0.3) is 33.5 Å². The number of aryl methyl sites for hydroxylation is 2. The van der Waals surface area contributed by atoms with E-state index in [1.807, 2.05) is 0 Å². The van der Waals surface area contributed by atoms with Gasteiger partial charge in [-0.1, -0.05) is 23.4 Å². The van der Waals surface area contributed by atoms with Crippen LogP contribution in [0.2, 0.25) is 0 Å². The van der Waals surface area contributed by atoms with Gasteiger partial charge in [-0.15, -0.1) is 0 Å². The highest BCUT2D eigenvalue weighted by molar-refractivity contribution is 7.90. The van der Waals surface area contributed by atoms with Crippen molar-refractivity contribution in [2.45, 2.75) is 62.2 Å². The van der Waals surface area contributed by atoms with E-state index in [2.05, 4.69) is 25.4 Å². The number of likely N-dealkylation sites (tertiary alicyclic amines) is 1. The topological polar surface area (TPSA) is 119 Å². The van der Waals surface area contributed by atoms with Crippen LogP contribution in [0.4, 0.5) is 27.9 Å². The van der Waals surface area contributed by atoms with Gasteiger partial charge in [0.15, 0.2) is 5.65 Å². The van der Waals surface area contributed by atoms with Crippen molar-refractivity contribution in [2.24, 2.45) is 0 Å². The molecule has 0 amide bonds. The summed E-state index contributed by atoms with van der Waals surface area (Å²) in [4.78, 5) is 14.4. The van der Waals surface area contributed by atoms with Crippen LogP contribution in [0.1, 0.15) is 36.3 Å². The number of pyridine rings is 1. The molecule has 1 saturated carbocycles. The number of aromatic nitrogens is 5. The van der Waals surface area contributed by atoms with Gasteiger partial charge < -0.3 is 9.84 Å². The van der Waals surface area contributed by atoms with Gasteiger partial charge in [-0.2, -0.15) is 13.2 Å². The highest BCUT2D eigenvalue weighted by Crippen LogP contribution is 2.41. The van der Waals surface area contributed by atoms with E-state index in [0.29, 0.717) is 41.8 Å². The Kier molecular flexibility index (Phi) is 7.35. The lowest BCUT2D eigenvalue weighted by atomic mass is 10.0. The summed E-state index contributed by atoms with van der Waals surface area (Å²) in [5, 5.41) is 7.11. The maximum Gasteiger partial charge on any atom is 0.419 e. The van der Waals surface area contributed by atoms with E-state index in [9.17, 15) is 30.4 Å². The van der Waals surface area contributed by atoms with Crippen LogP contribution in [0.3, 0.4) is 0 Å². The Labute approximate surface area is 265 Å². The first-order valence-electron chi connectivity index (χ1n) is 14.8. The molecule has 0 bridgehead atoms. The maximum absolute atomic E-state index is 14.5. The average molecular weight is 674 g/mol. The number of benzene rings is 1. The number of fused-ring (bicyclic) bond motifs is 1. The zero-order chi connectivity index (χ0) is 33.3. The van der Waals surface area contributed by atoms with E-state index in [0.717, 1.165) is 16.6 Å². The molecule has 246 valence electrons. The molecular formula is C31H28F5N7O3S. The summed E-state index contributed by atoms with van der Waals surface area (Å²) < 4.78 is 105. The minimum absolute atomic E-state index is 0.0942. The summed E-state index contributed by atoms with van der Waals surface area (Å²) in [5.74, 6) is -2.47. The van der Waals surface area contributed by atoms with Crippen LogP contribution >= 0.6 is 0 Å². The lowest BCUT2D eigenvalue weighted by Gasteiger charge is -2.44. The summed E-state index contributed by atoms with van der Waals surface area (Å²) >= 11 is 0. The molecule has 2 aliphatic rings. The van der Waals surface area contributed by atoms with Crippen molar-refractivity contribution in [1.29, 1.82) is 0 Å². The van der Waals surface area contributed by atoms with Crippen LogP contribution in [-0.2, 0) is 16.2 Å². The quantitative estimate of drug-likeness (QED) is 0.199. The fourth-order valence-corrected chi connectivity index (χ4v) is 7.84. The minimum atomic E-state index is -4.90. The molecule has 4 aromatic heterocycles. The number of hydrogen-bond acceptors (Lipinski definition) is 9. The SMILES string of the molecule is Cc1noc(C)c1-c1ccc2c(-c3nc(N[C@H]4CCC[C@@H]4N4CC(F)(F)C4)ncc3C(F)(F)F)cn(S(=O)(=O)c3ccccc3)c2n1. The molecule has 0 unspecified atom stereocenters. The highest BCUT2D eigenvalue weighted by Gasteiger charge is 2.49. The monoisotopic (exact) mass is 673 g/mol. The predicted molar refractivity (Wildman–Crippen MR) is 161 cm³/mol. The van der Waals surface area contributed by atoms with Gasteiger partial charge in [0.05, 0.1) is 40.6 Å². The molecule has 1 aliphatic heterocycles. The molecule has 47 heavy (non-hydrogen) atoms. The second-order valence-corrected chi connectivity index (χ2v) is 13.7. The van der Waals surface area contributed by atoms with Gasteiger partial charge in [0.25, 0.3) is 15.9 Å². The first kappa shape index (κ1) is 31.2. The van der Waals surface area contributed by atoms with E-state index < -0.39 is 33.4 Å². The van der Waals surface area contributed by atoms with Gasteiger partial charge >= 0.3 is 6.18 Å². The van der Waals surface area contributed by atoms with Crippen molar-refractivity contribution in [3.8, 4) is 22.5 Å². The first-order chi connectivity index (χ1) is 22.2. The number of hydrogen-bond donors (Lipinski definition) is 1. The Balaban J connectivity index is 1.38. The molecule has 5 heterocycles. The van der Waals surface area contributed by atoms with Crippen molar-refractivity contribution in [3.63, 3.8) is 0 Å². The van der Waals surface area contributed by atoms with Gasteiger partial charge in [-0.25, -0.2) is 36.1 Å². The molecule has 2 atom stereocenters. The standard InChI is InChI=1S/C31H28F5N7O3S/c1-17-26(18(2)46-41-17)24-12-11-20-21(14-43(28(20)38-24)47(44,45)19-7-4-3-5-8-19)27-22(31(34,35)36)13-37-29(40-27)39-23-9-6-10-25(23)42-15-30(32,33)16-42/h3-5,7-8,11-14,23,25H,6,9-10,15-16H2,1-2H3,(H,37,39,40)/t23-,25-/m0/s1. The van der Waals surface area contributed by atoms with E-state index in [4.69, 9.17) is 4.52 Å². The number of rotatable bonds is 7. The van der Waals surface area contributed by atoms with Crippen LogP contribution < -0.4 is 5.32 Å². The van der Waals surface area contributed by atoms with Crippen molar-refractivity contribution in [1.82, 2.24) is 29.0 Å². The molecule has 10 nitrogen and oxygen atoms in total. The van der Waals surface area contributed by atoms with Crippen LogP contribution in [0.15, 0.2) is 64.3 Å². The van der Waals surface area contributed by atoms with Crippen molar-refractivity contribution in [3.05, 3.63) is 71.9 Å². The van der Waals surface area contributed by atoms with Gasteiger partial charge in [-0.3, -0.25) is 4.90 Å². The molecule has 1 N–H and O–H groups in total. The zero-order valence-corrected chi connectivity index (χ0v) is 25.9. The molecule has 0 spiro atoms. The van der Waals surface area contributed by atoms with Crippen molar-refractivity contribution >= 4 is 27.0 Å². The number of nitrogens with one attached hydrogen (secondary N) is 1. The largest absolute Gasteiger partial charge is 0.419 e.